The summed E-state index contributed by atoms with van der Waals surface area (Å²) >= 11 is 0. The van der Waals surface area contributed by atoms with Crippen LogP contribution >= 0.6 is 0 Å². The lowest BCUT2D eigenvalue weighted by Crippen LogP contribution is -2.30. The summed E-state index contributed by atoms with van der Waals surface area (Å²) in [7, 11) is 0. The first kappa shape index (κ1) is 16.4. The molecule has 0 aliphatic heterocycles. The van der Waals surface area contributed by atoms with Crippen LogP contribution in [0.25, 0.3) is 0 Å². The van der Waals surface area contributed by atoms with Gasteiger partial charge in [0.1, 0.15) is 6.61 Å². The molecule has 0 aromatic heterocycles. The second-order valence-corrected chi connectivity index (χ2v) is 4.58. The molecule has 0 aliphatic carbocycles. The van der Waals surface area contributed by atoms with Crippen molar-refractivity contribution in [1.82, 2.24) is 5.32 Å². The first-order valence-electron chi connectivity index (χ1n) is 6.76. The van der Waals surface area contributed by atoms with E-state index in [4.69, 9.17) is 10.5 Å². The number of amides is 1. The number of carbonyl (C=O) groups is 1. The molecule has 0 fully saturated rings. The summed E-state index contributed by atoms with van der Waals surface area (Å²) in [6.07, 6.45) is 7.83. The summed E-state index contributed by atoms with van der Waals surface area (Å²) in [6.45, 7) is 5.77. The first-order chi connectivity index (χ1) is 8.16. The van der Waals surface area contributed by atoms with Crippen molar-refractivity contribution in [2.75, 3.05) is 19.8 Å². The van der Waals surface area contributed by atoms with Gasteiger partial charge in [0.05, 0.1) is 6.61 Å². The Hall–Kier alpha value is -0.610. The SMILES string of the molecule is CCCCCCCC(C)NCCOCC(N)=O. The third-order valence-electron chi connectivity index (χ3n) is 2.72. The molecule has 0 aliphatic rings. The van der Waals surface area contributed by atoms with E-state index in [1.54, 1.807) is 0 Å². The Kier molecular flexibility index (Phi) is 11.4. The molecule has 0 bridgehead atoms. The summed E-state index contributed by atoms with van der Waals surface area (Å²) in [5.41, 5.74) is 4.96. The van der Waals surface area contributed by atoms with Crippen LogP contribution < -0.4 is 11.1 Å². The summed E-state index contributed by atoms with van der Waals surface area (Å²) in [5.74, 6) is -0.408. The van der Waals surface area contributed by atoms with Crippen molar-refractivity contribution in [3.8, 4) is 0 Å². The number of primary amides is 1. The minimum absolute atomic E-state index is 0.0209. The third-order valence-corrected chi connectivity index (χ3v) is 2.72. The quantitative estimate of drug-likeness (QED) is 0.515. The zero-order valence-corrected chi connectivity index (χ0v) is 11.3. The molecule has 0 aromatic carbocycles. The van der Waals surface area contributed by atoms with Crippen LogP contribution in [-0.4, -0.2) is 31.7 Å². The molecule has 0 spiro atoms. The van der Waals surface area contributed by atoms with Gasteiger partial charge in [0.15, 0.2) is 0 Å². The van der Waals surface area contributed by atoms with Gasteiger partial charge in [0.2, 0.25) is 5.91 Å². The Morgan fingerprint density at radius 1 is 1.29 bits per heavy atom. The van der Waals surface area contributed by atoms with Crippen molar-refractivity contribution in [2.45, 2.75) is 58.4 Å². The van der Waals surface area contributed by atoms with Gasteiger partial charge in [-0.15, -0.1) is 0 Å². The van der Waals surface area contributed by atoms with Crippen molar-refractivity contribution in [2.24, 2.45) is 5.73 Å². The molecule has 3 N–H and O–H groups in total. The van der Waals surface area contributed by atoms with Gasteiger partial charge in [-0.3, -0.25) is 4.79 Å². The van der Waals surface area contributed by atoms with Crippen LogP contribution in [0, 0.1) is 0 Å². The van der Waals surface area contributed by atoms with Gasteiger partial charge in [0.25, 0.3) is 0 Å². The second kappa shape index (κ2) is 11.9. The maximum atomic E-state index is 10.4. The molecule has 0 heterocycles. The highest BCUT2D eigenvalue weighted by molar-refractivity contribution is 5.74. The van der Waals surface area contributed by atoms with Crippen LogP contribution in [-0.2, 0) is 9.53 Å². The highest BCUT2D eigenvalue weighted by Gasteiger charge is 2.01. The molecule has 1 unspecified atom stereocenters. The summed E-state index contributed by atoms with van der Waals surface area (Å²) in [4.78, 5) is 10.4. The zero-order valence-electron chi connectivity index (χ0n) is 11.3. The Labute approximate surface area is 105 Å². The maximum absolute atomic E-state index is 10.4. The molecule has 17 heavy (non-hydrogen) atoms. The van der Waals surface area contributed by atoms with Crippen molar-refractivity contribution in [1.29, 1.82) is 0 Å². The van der Waals surface area contributed by atoms with Gasteiger partial charge < -0.3 is 15.8 Å². The van der Waals surface area contributed by atoms with Crippen LogP contribution in [0.4, 0.5) is 0 Å². The average Bonchev–Trinajstić information content (AvgIpc) is 2.28. The highest BCUT2D eigenvalue weighted by Crippen LogP contribution is 2.06. The predicted octanol–water partition coefficient (Wildman–Crippen LogP) is 1.83. The van der Waals surface area contributed by atoms with E-state index in [1.165, 1.54) is 38.5 Å². The van der Waals surface area contributed by atoms with Gasteiger partial charge >= 0.3 is 0 Å². The molecule has 0 saturated carbocycles. The summed E-state index contributed by atoms with van der Waals surface area (Å²) in [6, 6.07) is 0.522. The van der Waals surface area contributed by atoms with E-state index in [2.05, 4.69) is 19.2 Å². The number of carbonyl (C=O) groups excluding carboxylic acids is 1. The topological polar surface area (TPSA) is 64.3 Å². The van der Waals surface area contributed by atoms with Crippen molar-refractivity contribution in [3.63, 3.8) is 0 Å². The lowest BCUT2D eigenvalue weighted by Gasteiger charge is -2.13. The number of rotatable bonds is 12. The maximum Gasteiger partial charge on any atom is 0.243 e. The van der Waals surface area contributed by atoms with E-state index in [9.17, 15) is 4.79 Å². The fraction of sp³-hybridized carbons (Fsp3) is 0.923. The summed E-state index contributed by atoms with van der Waals surface area (Å²) in [5, 5.41) is 3.37. The molecule has 0 aromatic rings. The molecule has 4 heteroatoms. The van der Waals surface area contributed by atoms with Crippen LogP contribution in [0.1, 0.15) is 52.4 Å². The van der Waals surface area contributed by atoms with Crippen LogP contribution in [0.5, 0.6) is 0 Å². The van der Waals surface area contributed by atoms with Gasteiger partial charge in [0, 0.05) is 12.6 Å². The van der Waals surface area contributed by atoms with Gasteiger partial charge in [-0.1, -0.05) is 39.0 Å². The fourth-order valence-corrected chi connectivity index (χ4v) is 1.71. The predicted molar refractivity (Wildman–Crippen MR) is 70.9 cm³/mol. The minimum atomic E-state index is -0.408. The zero-order chi connectivity index (χ0) is 12.9. The molecule has 102 valence electrons. The molecule has 0 radical (unpaired) electrons. The average molecular weight is 244 g/mol. The van der Waals surface area contributed by atoms with E-state index in [1.807, 2.05) is 0 Å². The standard InChI is InChI=1S/C13H28N2O2/c1-3-4-5-6-7-8-12(2)15-9-10-17-11-13(14)16/h12,15H,3-11H2,1-2H3,(H2,14,16). The number of hydrogen-bond acceptors (Lipinski definition) is 3. The number of ether oxygens (including phenoxy) is 1. The van der Waals surface area contributed by atoms with Gasteiger partial charge in [-0.25, -0.2) is 0 Å². The van der Waals surface area contributed by atoms with Crippen molar-refractivity contribution < 1.29 is 9.53 Å². The van der Waals surface area contributed by atoms with Crippen molar-refractivity contribution in [3.05, 3.63) is 0 Å². The second-order valence-electron chi connectivity index (χ2n) is 4.58. The van der Waals surface area contributed by atoms with E-state index in [-0.39, 0.29) is 6.61 Å². The van der Waals surface area contributed by atoms with E-state index in [0.29, 0.717) is 12.6 Å². The Bertz CT molecular complexity index is 186. The smallest absolute Gasteiger partial charge is 0.243 e. The minimum Gasteiger partial charge on any atom is -0.370 e. The van der Waals surface area contributed by atoms with Crippen LogP contribution in [0.15, 0.2) is 0 Å². The largest absolute Gasteiger partial charge is 0.370 e. The van der Waals surface area contributed by atoms with Gasteiger partial charge in [-0.05, 0) is 13.3 Å². The third kappa shape index (κ3) is 13.3. The highest BCUT2D eigenvalue weighted by atomic mass is 16.5. The van der Waals surface area contributed by atoms with Crippen LogP contribution in [0.3, 0.4) is 0 Å². The fourth-order valence-electron chi connectivity index (χ4n) is 1.71. The monoisotopic (exact) mass is 244 g/mol. The Morgan fingerprint density at radius 3 is 2.65 bits per heavy atom. The number of unbranched alkanes of at least 4 members (excludes halogenated alkanes) is 4. The molecule has 4 nitrogen and oxygen atoms in total. The number of hydrogen-bond donors (Lipinski definition) is 2. The molecular formula is C13H28N2O2. The number of nitrogens with two attached hydrogens (primary N) is 1. The molecular weight excluding hydrogens is 216 g/mol. The first-order valence-corrected chi connectivity index (χ1v) is 6.76. The van der Waals surface area contributed by atoms with E-state index < -0.39 is 5.91 Å². The normalized spacial score (nSPS) is 12.6. The van der Waals surface area contributed by atoms with E-state index in [0.717, 1.165) is 6.54 Å². The van der Waals surface area contributed by atoms with Gasteiger partial charge in [-0.2, -0.15) is 0 Å². The Balaban J connectivity index is 3.17. The van der Waals surface area contributed by atoms with E-state index >= 15 is 0 Å². The molecule has 0 rings (SSSR count). The van der Waals surface area contributed by atoms with Crippen molar-refractivity contribution >= 4 is 5.91 Å². The lowest BCUT2D eigenvalue weighted by atomic mass is 10.1. The summed E-state index contributed by atoms with van der Waals surface area (Å²) < 4.78 is 5.07. The lowest BCUT2D eigenvalue weighted by molar-refractivity contribution is -0.122. The Morgan fingerprint density at radius 2 is 2.00 bits per heavy atom. The molecule has 1 atom stereocenters. The molecule has 1 amide bonds. The molecule has 0 saturated heterocycles. The number of nitrogens with one attached hydrogen (secondary N) is 1. The van der Waals surface area contributed by atoms with Crippen LogP contribution in [0.2, 0.25) is 0 Å².